The molecule has 2 aromatic carbocycles. The first-order valence-electron chi connectivity index (χ1n) is 5.85. The van der Waals surface area contributed by atoms with Gasteiger partial charge in [-0.3, -0.25) is 0 Å². The molecule has 90 valence electrons. The second-order valence-corrected chi connectivity index (χ2v) is 4.54. The highest BCUT2D eigenvalue weighted by molar-refractivity contribution is 7.81. The molecule has 0 atom stereocenters. The summed E-state index contributed by atoms with van der Waals surface area (Å²) in [5, 5.41) is 3.18. The van der Waals surface area contributed by atoms with Gasteiger partial charge in [0, 0.05) is 5.69 Å². The monoisotopic (exact) mass is 253 g/mol. The maximum Gasteiger partial charge on any atom is 0.103 e. The number of hydrogen-bond acceptors (Lipinski definition) is 1. The molecule has 0 fully saturated rings. The minimum Gasteiger partial charge on any atom is -0.347 e. The summed E-state index contributed by atoms with van der Waals surface area (Å²) in [5.74, 6) is 0. The molecule has 2 aromatic rings. The molecule has 1 N–H and O–H groups in total. The molecule has 1 nitrogen and oxygen atoms in total. The van der Waals surface area contributed by atoms with E-state index < -0.39 is 0 Å². The van der Waals surface area contributed by atoms with Crippen molar-refractivity contribution in [1.29, 1.82) is 0 Å². The van der Waals surface area contributed by atoms with Crippen molar-refractivity contribution in [3.8, 4) is 0 Å². The molecule has 0 saturated heterocycles. The molecule has 0 saturated carbocycles. The summed E-state index contributed by atoms with van der Waals surface area (Å²) in [6.07, 6.45) is 3.91. The van der Waals surface area contributed by atoms with Crippen molar-refractivity contribution in [2.75, 3.05) is 5.32 Å². The fourth-order valence-electron chi connectivity index (χ4n) is 1.56. The van der Waals surface area contributed by atoms with Gasteiger partial charge in [-0.15, -0.1) is 0 Å². The van der Waals surface area contributed by atoms with E-state index in [1.54, 1.807) is 0 Å². The van der Waals surface area contributed by atoms with E-state index in [4.69, 9.17) is 12.2 Å². The van der Waals surface area contributed by atoms with Crippen LogP contribution in [0.3, 0.4) is 0 Å². The highest BCUT2D eigenvalue weighted by atomic mass is 32.1. The zero-order chi connectivity index (χ0) is 12.8. The van der Waals surface area contributed by atoms with Crippen molar-refractivity contribution in [2.45, 2.75) is 6.92 Å². The number of rotatable bonds is 3. The predicted molar refractivity (Wildman–Crippen MR) is 82.9 cm³/mol. The van der Waals surface area contributed by atoms with E-state index in [1.807, 2.05) is 54.6 Å². The molecule has 0 aliphatic rings. The molecule has 0 aliphatic carbocycles. The molecule has 0 aromatic heterocycles. The van der Waals surface area contributed by atoms with E-state index in [2.05, 4.69) is 24.4 Å². The fourth-order valence-corrected chi connectivity index (χ4v) is 1.74. The third kappa shape index (κ3) is 3.82. The van der Waals surface area contributed by atoms with Gasteiger partial charge in [-0.1, -0.05) is 66.3 Å². The van der Waals surface area contributed by atoms with Gasteiger partial charge in [0.05, 0.1) is 0 Å². The van der Waals surface area contributed by atoms with Crippen LogP contribution in [0.15, 0.2) is 60.7 Å². The molecule has 0 heterocycles. The largest absolute Gasteiger partial charge is 0.347 e. The lowest BCUT2D eigenvalue weighted by Crippen LogP contribution is -2.04. The second kappa shape index (κ2) is 6.12. The standard InChI is InChI=1S/C16H15NS/c1-13-7-10-15(11-8-13)17-16(18)12-9-14-5-3-2-4-6-14/h2-12H,1H3,(H,17,18)/b12-9+. The summed E-state index contributed by atoms with van der Waals surface area (Å²) in [5.41, 5.74) is 3.40. The minimum atomic E-state index is 0.711. The molecule has 0 amide bonds. The van der Waals surface area contributed by atoms with Gasteiger partial charge >= 0.3 is 0 Å². The van der Waals surface area contributed by atoms with Crippen LogP contribution in [-0.2, 0) is 0 Å². The van der Waals surface area contributed by atoms with Crippen LogP contribution >= 0.6 is 12.2 Å². The molecule has 0 spiro atoms. The van der Waals surface area contributed by atoms with Crippen LogP contribution in [0.25, 0.3) is 6.08 Å². The van der Waals surface area contributed by atoms with Gasteiger partial charge in [0.15, 0.2) is 0 Å². The minimum absolute atomic E-state index is 0.711. The summed E-state index contributed by atoms with van der Waals surface area (Å²) in [7, 11) is 0. The quantitative estimate of drug-likeness (QED) is 0.640. The molecule has 0 aliphatic heterocycles. The van der Waals surface area contributed by atoms with Crippen LogP contribution in [-0.4, -0.2) is 4.99 Å². The Kier molecular flexibility index (Phi) is 4.26. The zero-order valence-electron chi connectivity index (χ0n) is 10.3. The smallest absolute Gasteiger partial charge is 0.103 e. The number of hydrogen-bond donors (Lipinski definition) is 1. The lowest BCUT2D eigenvalue weighted by atomic mass is 10.2. The van der Waals surface area contributed by atoms with Crippen molar-refractivity contribution in [1.82, 2.24) is 0 Å². The Hall–Kier alpha value is -1.93. The maximum absolute atomic E-state index is 5.27. The normalized spacial score (nSPS) is 10.5. The van der Waals surface area contributed by atoms with Crippen molar-refractivity contribution in [2.24, 2.45) is 0 Å². The molecule has 0 unspecified atom stereocenters. The molecule has 18 heavy (non-hydrogen) atoms. The Morgan fingerprint density at radius 1 is 1.00 bits per heavy atom. The van der Waals surface area contributed by atoms with E-state index in [0.717, 1.165) is 11.3 Å². The van der Waals surface area contributed by atoms with Gasteiger partial charge in [0.1, 0.15) is 4.99 Å². The molecular formula is C16H15NS. The molecule has 2 rings (SSSR count). The molecule has 0 bridgehead atoms. The van der Waals surface area contributed by atoms with E-state index >= 15 is 0 Å². The van der Waals surface area contributed by atoms with E-state index in [-0.39, 0.29) is 0 Å². The lowest BCUT2D eigenvalue weighted by molar-refractivity contribution is 1.47. The molecular weight excluding hydrogens is 238 g/mol. The third-order valence-corrected chi connectivity index (χ3v) is 2.78. The summed E-state index contributed by atoms with van der Waals surface area (Å²) in [6, 6.07) is 18.3. The highest BCUT2D eigenvalue weighted by Gasteiger charge is 1.93. The Labute approximate surface area is 113 Å². The van der Waals surface area contributed by atoms with Gasteiger partial charge < -0.3 is 5.32 Å². The van der Waals surface area contributed by atoms with E-state index in [0.29, 0.717) is 4.99 Å². The number of aryl methyl sites for hydroxylation is 1. The first-order valence-corrected chi connectivity index (χ1v) is 6.26. The van der Waals surface area contributed by atoms with Crippen molar-refractivity contribution in [3.05, 3.63) is 71.8 Å². The summed E-state index contributed by atoms with van der Waals surface area (Å²) >= 11 is 5.27. The van der Waals surface area contributed by atoms with Crippen molar-refractivity contribution >= 4 is 29.0 Å². The third-order valence-electron chi connectivity index (χ3n) is 2.55. The molecule has 2 heteroatoms. The predicted octanol–water partition coefficient (Wildman–Crippen LogP) is 4.45. The van der Waals surface area contributed by atoms with Crippen LogP contribution < -0.4 is 5.32 Å². The van der Waals surface area contributed by atoms with E-state index in [9.17, 15) is 0 Å². The van der Waals surface area contributed by atoms with Crippen LogP contribution in [0, 0.1) is 6.92 Å². The summed E-state index contributed by atoms with van der Waals surface area (Å²) < 4.78 is 0. The number of nitrogens with one attached hydrogen (secondary N) is 1. The lowest BCUT2D eigenvalue weighted by Gasteiger charge is -2.04. The Balaban J connectivity index is 1.97. The summed E-state index contributed by atoms with van der Waals surface area (Å²) in [6.45, 7) is 2.07. The second-order valence-electron chi connectivity index (χ2n) is 4.10. The summed E-state index contributed by atoms with van der Waals surface area (Å²) in [4.78, 5) is 0.711. The van der Waals surface area contributed by atoms with Crippen LogP contribution in [0.5, 0.6) is 0 Å². The first kappa shape index (κ1) is 12.5. The van der Waals surface area contributed by atoms with Gasteiger partial charge in [0.25, 0.3) is 0 Å². The maximum atomic E-state index is 5.27. The highest BCUT2D eigenvalue weighted by Crippen LogP contribution is 2.09. The SMILES string of the molecule is Cc1ccc(NC(=S)/C=C/c2ccccc2)cc1. The van der Waals surface area contributed by atoms with Crippen LogP contribution in [0.2, 0.25) is 0 Å². The Morgan fingerprint density at radius 2 is 1.67 bits per heavy atom. The number of thiocarbonyl (C=S) groups is 1. The Morgan fingerprint density at radius 3 is 2.33 bits per heavy atom. The topological polar surface area (TPSA) is 12.0 Å². The van der Waals surface area contributed by atoms with Gasteiger partial charge in [-0.2, -0.15) is 0 Å². The first-order chi connectivity index (χ1) is 8.74. The van der Waals surface area contributed by atoms with Crippen molar-refractivity contribution in [3.63, 3.8) is 0 Å². The number of anilines is 1. The van der Waals surface area contributed by atoms with Gasteiger partial charge in [-0.25, -0.2) is 0 Å². The molecule has 0 radical (unpaired) electrons. The Bertz CT molecular complexity index is 541. The number of benzene rings is 2. The van der Waals surface area contributed by atoms with Gasteiger partial charge in [-0.05, 0) is 30.7 Å². The average Bonchev–Trinajstić information content (AvgIpc) is 2.40. The van der Waals surface area contributed by atoms with Crippen LogP contribution in [0.1, 0.15) is 11.1 Å². The average molecular weight is 253 g/mol. The van der Waals surface area contributed by atoms with Crippen molar-refractivity contribution < 1.29 is 0 Å². The fraction of sp³-hybridized carbons (Fsp3) is 0.0625. The van der Waals surface area contributed by atoms with Gasteiger partial charge in [0.2, 0.25) is 0 Å². The van der Waals surface area contributed by atoms with Crippen LogP contribution in [0.4, 0.5) is 5.69 Å². The van der Waals surface area contributed by atoms with E-state index in [1.165, 1.54) is 5.56 Å². The zero-order valence-corrected chi connectivity index (χ0v) is 11.1.